The number of benzene rings is 18. The van der Waals surface area contributed by atoms with E-state index in [1.54, 1.807) is 0 Å². The quantitative estimate of drug-likeness (QED) is 0.137. The van der Waals surface area contributed by atoms with E-state index in [4.69, 9.17) is 9.97 Å². The SMILES string of the molecule is Cc1ccc(-n2c3ccccc3c3cc(-c4ccc5c(c4)-c4ccccc4C54c5ccccc5N(c5cc(-c6ccccc6)cc(-c6ccccc6)n5)c5ccccc54)ccc32)cc1.c1ccc(-c2cc(-c3ccccc3)nc(N3c4ccccc4C4(c5ccccc5-c5cc(-c6ccc7c(c6)c6ccccc6n7-c6ccccc6)ccc54)c4ccccc43)c2)cc1. The van der Waals surface area contributed by atoms with Gasteiger partial charge >= 0.3 is 0 Å². The lowest BCUT2D eigenvalue weighted by atomic mass is 9.64. The maximum absolute atomic E-state index is 5.49. The van der Waals surface area contributed by atoms with E-state index in [0.29, 0.717) is 0 Å². The van der Waals surface area contributed by atoms with Gasteiger partial charge in [0, 0.05) is 44.0 Å². The van der Waals surface area contributed by atoms with Gasteiger partial charge in [0.25, 0.3) is 0 Å². The van der Waals surface area contributed by atoms with Crippen LogP contribution in [0.2, 0.25) is 0 Å². The molecule has 0 bridgehead atoms. The molecule has 2 spiro atoms. The fraction of sp³-hybridized carbons (Fsp3) is 0.0248. The second-order valence-corrected chi connectivity index (χ2v) is 33.9. The van der Waals surface area contributed by atoms with Gasteiger partial charge in [0.1, 0.15) is 11.6 Å². The fourth-order valence-electron chi connectivity index (χ4n) is 21.6. The van der Waals surface area contributed by atoms with Crippen LogP contribution >= 0.6 is 0 Å². The van der Waals surface area contributed by atoms with Crippen LogP contribution in [-0.2, 0) is 10.8 Å². The van der Waals surface area contributed by atoms with Crippen molar-refractivity contribution in [1.29, 1.82) is 0 Å². The number of aromatic nitrogens is 4. The Balaban J connectivity index is 0.000000138. The van der Waals surface area contributed by atoms with Gasteiger partial charge in [0.05, 0.1) is 67.0 Å². The molecule has 2 aliphatic heterocycles. The summed E-state index contributed by atoms with van der Waals surface area (Å²) in [5.41, 5.74) is 40.5. The Bertz CT molecular complexity index is 7940. The molecule has 4 aromatic heterocycles. The summed E-state index contributed by atoms with van der Waals surface area (Å²) in [5.74, 6) is 1.77. The highest BCUT2D eigenvalue weighted by molar-refractivity contribution is 6.13. The van der Waals surface area contributed by atoms with Crippen molar-refractivity contribution in [2.75, 3.05) is 9.80 Å². The lowest BCUT2D eigenvalue weighted by molar-refractivity contribution is 0.751. The molecule has 22 aromatic rings. The van der Waals surface area contributed by atoms with Crippen molar-refractivity contribution in [2.45, 2.75) is 17.8 Å². The first-order valence-corrected chi connectivity index (χ1v) is 43.8. The Morgan fingerprint density at radius 2 is 0.488 bits per heavy atom. The Hall–Kier alpha value is -16.5. The van der Waals surface area contributed by atoms with Crippen LogP contribution in [0.15, 0.2) is 467 Å². The molecule has 0 amide bonds. The lowest BCUT2D eigenvalue weighted by Gasteiger charge is -2.44. The molecule has 18 aromatic carbocycles. The third-order valence-corrected chi connectivity index (χ3v) is 27.0. The predicted molar refractivity (Wildman–Crippen MR) is 526 cm³/mol. The van der Waals surface area contributed by atoms with Gasteiger partial charge in [-0.25, -0.2) is 9.97 Å². The van der Waals surface area contributed by atoms with Gasteiger partial charge in [0.15, 0.2) is 0 Å². The number of fused-ring (bicyclic) bond motifs is 24. The first-order chi connectivity index (χ1) is 62.9. The standard InChI is InChI=1S/C61H41N3.C60H39N3/c1-40-28-32-46(33-29-40)63-56-25-13-9-21-48(56)50-37-44(31-35-57(50)63)43-30-34-52-49(36-43)47-20-8-10-22-51(47)61(52)53-23-11-14-26-58(53)64(59-27-15-12-24-54(59)61)60-39-45(41-16-4-2-5-17-41)38-55(62-60)42-18-6-3-7-19-42;1-4-18-40(19-5-1)44-38-54(41-20-6-2-7-21-41)61-59(39-44)63-57-30-16-13-27-52(57)60(53-28-14-17-31-58(53)63)50-26-12-10-24-46(50)48-36-42(32-34-51(48)60)43-33-35-56-49(37-43)47-25-11-15-29-55(47)62(56)45-22-8-3-9-23-45/h2-39H,1H3;1-39H. The number of pyridine rings is 2. The van der Waals surface area contributed by atoms with E-state index in [-0.39, 0.29) is 0 Å². The summed E-state index contributed by atoms with van der Waals surface area (Å²) >= 11 is 0. The van der Waals surface area contributed by atoms with Crippen molar-refractivity contribution in [3.05, 3.63) is 517 Å². The van der Waals surface area contributed by atoms with Crippen molar-refractivity contribution >= 4 is 78.0 Å². The fourth-order valence-corrected chi connectivity index (χ4v) is 21.6. The maximum atomic E-state index is 5.49. The van der Waals surface area contributed by atoms with Gasteiger partial charge in [-0.1, -0.05) is 351 Å². The van der Waals surface area contributed by atoms with Crippen molar-refractivity contribution in [3.8, 4) is 101 Å². The zero-order valence-electron chi connectivity index (χ0n) is 69.6. The second-order valence-electron chi connectivity index (χ2n) is 33.9. The minimum atomic E-state index is -0.557. The Kier molecular flexibility index (Phi) is 16.9. The van der Waals surface area contributed by atoms with Crippen molar-refractivity contribution in [3.63, 3.8) is 0 Å². The van der Waals surface area contributed by atoms with Gasteiger partial charge in [-0.15, -0.1) is 0 Å². The average Bonchev–Trinajstić information content (AvgIpc) is 1.56. The van der Waals surface area contributed by atoms with E-state index in [2.05, 4.69) is 493 Å². The van der Waals surface area contributed by atoms with Gasteiger partial charge in [0.2, 0.25) is 0 Å². The second kappa shape index (κ2) is 29.3. The van der Waals surface area contributed by atoms with E-state index in [1.165, 1.54) is 150 Å². The highest BCUT2D eigenvalue weighted by Crippen LogP contribution is 2.66. The molecule has 0 atom stereocenters. The monoisotopic (exact) mass is 1620 g/mol. The maximum Gasteiger partial charge on any atom is 0.138 e. The third-order valence-electron chi connectivity index (χ3n) is 27.0. The molecule has 0 radical (unpaired) electrons. The van der Waals surface area contributed by atoms with Gasteiger partial charge < -0.3 is 9.13 Å². The summed E-state index contributed by atoms with van der Waals surface area (Å²) in [5, 5.41) is 5.01. The van der Waals surface area contributed by atoms with Crippen LogP contribution < -0.4 is 9.80 Å². The molecule has 6 nitrogen and oxygen atoms in total. The number of nitrogens with zero attached hydrogens (tertiary/aromatic N) is 6. The summed E-state index contributed by atoms with van der Waals surface area (Å²) in [6.45, 7) is 2.14. The molecule has 26 rings (SSSR count). The molecular formula is C121H80N6. The molecule has 0 saturated heterocycles. The molecular weight excluding hydrogens is 1540 g/mol. The Morgan fingerprint density at radius 3 is 0.890 bits per heavy atom. The molecule has 0 fully saturated rings. The van der Waals surface area contributed by atoms with Gasteiger partial charge in [-0.2, -0.15) is 0 Å². The Morgan fingerprint density at radius 1 is 0.189 bits per heavy atom. The molecule has 0 saturated carbocycles. The molecule has 6 heteroatoms. The average molecular weight is 1620 g/mol. The van der Waals surface area contributed by atoms with Crippen molar-refractivity contribution < 1.29 is 0 Å². The van der Waals surface area contributed by atoms with Crippen LogP contribution in [0.25, 0.3) is 144 Å². The molecule has 6 heterocycles. The van der Waals surface area contributed by atoms with Crippen molar-refractivity contribution in [2.24, 2.45) is 0 Å². The van der Waals surface area contributed by atoms with E-state index in [1.807, 2.05) is 0 Å². The third kappa shape index (κ3) is 11.4. The molecule has 4 aliphatic rings. The molecule has 594 valence electrons. The summed E-state index contributed by atoms with van der Waals surface area (Å²) in [6, 6.07) is 171. The number of para-hydroxylation sites is 7. The van der Waals surface area contributed by atoms with E-state index in [9.17, 15) is 0 Å². The molecule has 2 aliphatic carbocycles. The molecule has 0 unspecified atom stereocenters. The summed E-state index contributed by atoms with van der Waals surface area (Å²) < 4.78 is 4.78. The van der Waals surface area contributed by atoms with Crippen LogP contribution in [0.4, 0.5) is 34.4 Å². The van der Waals surface area contributed by atoms with Crippen LogP contribution in [0, 0.1) is 6.92 Å². The largest absolute Gasteiger partial charge is 0.309 e. The van der Waals surface area contributed by atoms with Gasteiger partial charge in [-0.3, -0.25) is 9.80 Å². The predicted octanol–water partition coefficient (Wildman–Crippen LogP) is 31.0. The topological polar surface area (TPSA) is 42.1 Å². The highest BCUT2D eigenvalue weighted by atomic mass is 15.2. The van der Waals surface area contributed by atoms with Crippen LogP contribution in [0.1, 0.15) is 50.1 Å². The first-order valence-electron chi connectivity index (χ1n) is 43.8. The van der Waals surface area contributed by atoms with Crippen molar-refractivity contribution in [1.82, 2.24) is 19.1 Å². The van der Waals surface area contributed by atoms with Crippen LogP contribution in [0.5, 0.6) is 0 Å². The number of rotatable bonds is 10. The van der Waals surface area contributed by atoms with Gasteiger partial charge in [-0.05, 0) is 240 Å². The van der Waals surface area contributed by atoms with Crippen LogP contribution in [-0.4, -0.2) is 19.1 Å². The number of anilines is 6. The molecule has 127 heavy (non-hydrogen) atoms. The van der Waals surface area contributed by atoms with E-state index >= 15 is 0 Å². The van der Waals surface area contributed by atoms with Crippen LogP contribution in [0.3, 0.4) is 0 Å². The smallest absolute Gasteiger partial charge is 0.138 e. The lowest BCUT2D eigenvalue weighted by Crippen LogP contribution is -2.36. The van der Waals surface area contributed by atoms with E-state index in [0.717, 1.165) is 79.2 Å². The van der Waals surface area contributed by atoms with E-state index < -0.39 is 10.8 Å². The summed E-state index contributed by atoms with van der Waals surface area (Å²) in [7, 11) is 0. The summed E-state index contributed by atoms with van der Waals surface area (Å²) in [4.78, 5) is 15.8. The molecule has 0 N–H and O–H groups in total. The first kappa shape index (κ1) is 73.2. The number of hydrogen-bond acceptors (Lipinski definition) is 4. The summed E-state index contributed by atoms with van der Waals surface area (Å²) in [6.07, 6.45) is 0. The number of aryl methyl sites for hydroxylation is 1. The normalized spacial score (nSPS) is 13.2. The zero-order valence-corrected chi connectivity index (χ0v) is 69.6. The minimum Gasteiger partial charge on any atom is -0.309 e. The minimum absolute atomic E-state index is 0.555. The number of hydrogen-bond donors (Lipinski definition) is 0. The Labute approximate surface area is 737 Å². The highest BCUT2D eigenvalue weighted by Gasteiger charge is 2.54. The zero-order chi connectivity index (χ0) is 83.8.